The lowest BCUT2D eigenvalue weighted by Crippen LogP contribution is -2.25. The Kier molecular flexibility index (Phi) is 4.86. The number of fused-ring (bicyclic) bond motifs is 2. The molecule has 5 rings (SSSR count). The molecule has 2 unspecified atom stereocenters. The Morgan fingerprint density at radius 1 is 1.10 bits per heavy atom. The molecule has 4 aromatic rings. The highest BCUT2D eigenvalue weighted by Crippen LogP contribution is 2.48. The van der Waals surface area contributed by atoms with Gasteiger partial charge in [-0.25, -0.2) is 0 Å². The summed E-state index contributed by atoms with van der Waals surface area (Å²) in [6.07, 6.45) is 2.52. The van der Waals surface area contributed by atoms with E-state index in [1.165, 1.54) is 10.9 Å². The van der Waals surface area contributed by atoms with Crippen molar-refractivity contribution in [2.24, 2.45) is 0 Å². The first-order valence-corrected chi connectivity index (χ1v) is 10.6. The second-order valence-electron chi connectivity index (χ2n) is 7.93. The molecule has 0 bridgehead atoms. The molecule has 5 nitrogen and oxygen atoms in total. The van der Waals surface area contributed by atoms with Gasteiger partial charge in [-0.1, -0.05) is 43.3 Å². The van der Waals surface area contributed by atoms with Crippen molar-refractivity contribution in [1.29, 1.82) is 0 Å². The topological polar surface area (TPSA) is 74.3 Å². The molecule has 156 valence electrons. The zero-order valence-corrected chi connectivity index (χ0v) is 17.3. The number of carbonyl (C=O) groups excluding carboxylic acids is 1. The number of para-hydroxylation sites is 1. The molecule has 1 aliphatic rings. The minimum Gasteiger partial charge on any atom is -0.508 e. The number of benzene rings is 3. The molecular weight excluding hydrogens is 388 g/mol. The van der Waals surface area contributed by atoms with Crippen LogP contribution in [0.2, 0.25) is 0 Å². The van der Waals surface area contributed by atoms with E-state index in [9.17, 15) is 9.90 Å². The number of nitrogens with one attached hydrogen (secondary N) is 2. The van der Waals surface area contributed by atoms with Crippen molar-refractivity contribution in [2.45, 2.75) is 25.2 Å². The van der Waals surface area contributed by atoms with E-state index in [4.69, 9.17) is 4.74 Å². The van der Waals surface area contributed by atoms with Gasteiger partial charge in [0, 0.05) is 52.7 Å². The molecule has 0 radical (unpaired) electrons. The highest BCUT2D eigenvalue weighted by Gasteiger charge is 2.35. The number of H-pyrrole nitrogens is 1. The fourth-order valence-electron chi connectivity index (χ4n) is 4.50. The van der Waals surface area contributed by atoms with Gasteiger partial charge in [0.05, 0.1) is 6.61 Å². The number of phenols is 1. The van der Waals surface area contributed by atoms with Crippen LogP contribution >= 0.6 is 0 Å². The molecule has 0 spiro atoms. The third-order valence-electron chi connectivity index (χ3n) is 6.05. The summed E-state index contributed by atoms with van der Waals surface area (Å²) in [5.74, 6) is 1.06. The summed E-state index contributed by atoms with van der Waals surface area (Å²) in [4.78, 5) is 15.1. The van der Waals surface area contributed by atoms with Gasteiger partial charge in [0.25, 0.3) is 0 Å². The van der Waals surface area contributed by atoms with Crippen LogP contribution in [0.5, 0.6) is 11.5 Å². The van der Waals surface area contributed by atoms with Crippen molar-refractivity contribution in [2.75, 3.05) is 11.9 Å². The van der Waals surface area contributed by atoms with Gasteiger partial charge in [-0.15, -0.1) is 0 Å². The lowest BCUT2D eigenvalue weighted by Gasteiger charge is -2.34. The monoisotopic (exact) mass is 412 g/mol. The molecule has 2 atom stereocenters. The third-order valence-corrected chi connectivity index (χ3v) is 6.05. The van der Waals surface area contributed by atoms with E-state index in [0.717, 1.165) is 22.3 Å². The molecule has 0 aliphatic carbocycles. The van der Waals surface area contributed by atoms with Crippen LogP contribution in [0.1, 0.15) is 41.9 Å². The Bertz CT molecular complexity index is 1240. The van der Waals surface area contributed by atoms with E-state index in [2.05, 4.69) is 46.8 Å². The maximum atomic E-state index is 11.7. The van der Waals surface area contributed by atoms with E-state index < -0.39 is 0 Å². The largest absolute Gasteiger partial charge is 0.508 e. The molecular formula is C26H24N2O3. The molecule has 1 aromatic heterocycles. The molecule has 31 heavy (non-hydrogen) atoms. The average Bonchev–Trinajstić information content (AvgIpc) is 3.23. The normalized spacial score (nSPS) is 17.7. The summed E-state index contributed by atoms with van der Waals surface area (Å²) in [7, 11) is 0. The highest BCUT2D eigenvalue weighted by atomic mass is 16.5. The molecule has 5 heteroatoms. The van der Waals surface area contributed by atoms with Crippen LogP contribution in [-0.4, -0.2) is 22.6 Å². The second kappa shape index (κ2) is 7.84. The third kappa shape index (κ3) is 3.52. The smallest absolute Gasteiger partial charge is 0.224 e. The molecule has 3 aromatic carbocycles. The van der Waals surface area contributed by atoms with Crippen LogP contribution in [0.4, 0.5) is 5.69 Å². The number of phenolic OH excluding ortho intramolecular Hbond substituents is 1. The predicted molar refractivity (Wildman–Crippen MR) is 122 cm³/mol. The van der Waals surface area contributed by atoms with Crippen molar-refractivity contribution in [3.05, 3.63) is 89.6 Å². The van der Waals surface area contributed by atoms with E-state index in [1.54, 1.807) is 12.1 Å². The van der Waals surface area contributed by atoms with E-state index in [-0.39, 0.29) is 23.5 Å². The summed E-state index contributed by atoms with van der Waals surface area (Å²) in [5.41, 5.74) is 5.29. The number of aromatic hydroxyl groups is 1. The number of hydrogen-bond donors (Lipinski definition) is 3. The number of amides is 1. The van der Waals surface area contributed by atoms with Gasteiger partial charge in [-0.05, 0) is 35.4 Å². The Labute approximate surface area is 180 Å². The van der Waals surface area contributed by atoms with Gasteiger partial charge >= 0.3 is 0 Å². The van der Waals surface area contributed by atoms with E-state index >= 15 is 0 Å². The van der Waals surface area contributed by atoms with Gasteiger partial charge < -0.3 is 20.1 Å². The quantitative estimate of drug-likeness (QED) is 0.413. The average molecular weight is 412 g/mol. The number of rotatable bonds is 4. The van der Waals surface area contributed by atoms with E-state index in [1.807, 2.05) is 31.2 Å². The maximum absolute atomic E-state index is 11.7. The van der Waals surface area contributed by atoms with Crippen molar-refractivity contribution in [3.63, 3.8) is 0 Å². The van der Waals surface area contributed by atoms with Crippen molar-refractivity contribution in [1.82, 2.24) is 4.98 Å². The first-order valence-electron chi connectivity index (χ1n) is 10.6. The highest BCUT2D eigenvalue weighted by molar-refractivity contribution is 5.90. The van der Waals surface area contributed by atoms with Gasteiger partial charge in [0.1, 0.15) is 11.5 Å². The zero-order chi connectivity index (χ0) is 21.4. The molecule has 0 saturated carbocycles. The van der Waals surface area contributed by atoms with E-state index in [0.29, 0.717) is 18.8 Å². The summed E-state index contributed by atoms with van der Waals surface area (Å²) in [6.45, 7) is 2.35. The first kappa shape index (κ1) is 19.2. The summed E-state index contributed by atoms with van der Waals surface area (Å²) in [5, 5.41) is 14.1. The van der Waals surface area contributed by atoms with Gasteiger partial charge in [0.2, 0.25) is 5.91 Å². The van der Waals surface area contributed by atoms with Crippen LogP contribution in [0.25, 0.3) is 10.9 Å². The minimum atomic E-state index is -0.00342. The summed E-state index contributed by atoms with van der Waals surface area (Å²) in [6, 6.07) is 21.7. The first-order chi connectivity index (χ1) is 15.1. The number of ether oxygens (including phenoxy) is 1. The van der Waals surface area contributed by atoms with Crippen LogP contribution in [0.3, 0.4) is 0 Å². The Morgan fingerprint density at radius 3 is 2.71 bits per heavy atom. The summed E-state index contributed by atoms with van der Waals surface area (Å²) < 4.78 is 6.10. The number of anilines is 1. The number of hydrogen-bond acceptors (Lipinski definition) is 3. The SMILES string of the molecule is CCC(=O)Nc1ccc(C2c3ccc(O)cc3OCC2c2c[nH]c3ccccc23)cc1. The van der Waals surface area contributed by atoms with Crippen LogP contribution in [-0.2, 0) is 4.79 Å². The van der Waals surface area contributed by atoms with Crippen LogP contribution in [0, 0.1) is 0 Å². The van der Waals surface area contributed by atoms with Gasteiger partial charge in [-0.3, -0.25) is 4.79 Å². The molecule has 0 saturated heterocycles. The fraction of sp³-hybridized carbons (Fsp3) is 0.192. The standard InChI is InChI=1S/C26H24N2O3/c1-2-25(30)28-17-9-7-16(8-10-17)26-20-12-11-18(29)13-24(20)31-15-22(26)21-14-27-23-6-4-3-5-19(21)23/h3-14,22,26-27,29H,2,15H2,1H3,(H,28,30). The molecule has 2 heterocycles. The van der Waals surface area contributed by atoms with Gasteiger partial charge in [0.15, 0.2) is 0 Å². The molecule has 1 amide bonds. The minimum absolute atomic E-state index is 0.00342. The van der Waals surface area contributed by atoms with Crippen molar-refractivity contribution >= 4 is 22.5 Å². The lowest BCUT2D eigenvalue weighted by molar-refractivity contribution is -0.115. The van der Waals surface area contributed by atoms with Crippen molar-refractivity contribution < 1.29 is 14.6 Å². The van der Waals surface area contributed by atoms with Crippen molar-refractivity contribution in [3.8, 4) is 11.5 Å². The Hall–Kier alpha value is -3.73. The summed E-state index contributed by atoms with van der Waals surface area (Å²) >= 11 is 0. The fourth-order valence-corrected chi connectivity index (χ4v) is 4.50. The Morgan fingerprint density at radius 2 is 1.90 bits per heavy atom. The van der Waals surface area contributed by atoms with Crippen LogP contribution < -0.4 is 10.1 Å². The number of aromatic nitrogens is 1. The van der Waals surface area contributed by atoms with Crippen LogP contribution in [0.15, 0.2) is 72.9 Å². The number of aromatic amines is 1. The predicted octanol–water partition coefficient (Wildman–Crippen LogP) is 5.53. The molecule has 3 N–H and O–H groups in total. The lowest BCUT2D eigenvalue weighted by atomic mass is 9.76. The Balaban J connectivity index is 1.60. The second-order valence-corrected chi connectivity index (χ2v) is 7.93. The maximum Gasteiger partial charge on any atom is 0.224 e. The molecule has 1 aliphatic heterocycles. The zero-order valence-electron chi connectivity index (χ0n) is 17.3. The van der Waals surface area contributed by atoms with Gasteiger partial charge in [-0.2, -0.15) is 0 Å². The molecule has 0 fully saturated rings. The number of carbonyl (C=O) groups is 1.